The van der Waals surface area contributed by atoms with Crippen molar-refractivity contribution < 1.29 is 4.79 Å². The number of fused-ring (bicyclic) bond motifs is 3. The van der Waals surface area contributed by atoms with E-state index in [1.165, 1.54) is 16.2 Å². The molecular weight excluding hydrogens is 420 g/mol. The molecule has 0 fully saturated rings. The molecule has 0 aliphatic rings. The van der Waals surface area contributed by atoms with Crippen molar-refractivity contribution in [2.45, 2.75) is 10.1 Å². The summed E-state index contributed by atoms with van der Waals surface area (Å²) < 4.78 is 0.829. The van der Waals surface area contributed by atoms with Gasteiger partial charge in [-0.2, -0.15) is 0 Å². The van der Waals surface area contributed by atoms with Crippen LogP contribution in [0.4, 0.5) is 5.13 Å². The molecule has 3 aromatic heterocycles. The number of nitrogens with one attached hydrogen (secondary N) is 1. The van der Waals surface area contributed by atoms with Crippen molar-refractivity contribution in [2.24, 2.45) is 0 Å². The van der Waals surface area contributed by atoms with Gasteiger partial charge in [-0.05, 0) is 34.4 Å². The molecule has 1 N–H and O–H groups in total. The lowest BCUT2D eigenvalue weighted by Crippen LogP contribution is -2.12. The molecule has 0 atom stereocenters. The first-order valence-corrected chi connectivity index (χ1v) is 11.5. The predicted octanol–water partition coefficient (Wildman–Crippen LogP) is 5.85. The number of rotatable bonds is 5. The highest BCUT2D eigenvalue weighted by molar-refractivity contribution is 8.00. The third-order valence-electron chi connectivity index (χ3n) is 4.40. The molecule has 29 heavy (non-hydrogen) atoms. The van der Waals surface area contributed by atoms with Crippen LogP contribution in [0.15, 0.2) is 70.5 Å². The summed E-state index contributed by atoms with van der Waals surface area (Å²) in [6, 6.07) is 17.9. The molecule has 0 aliphatic carbocycles. The van der Waals surface area contributed by atoms with E-state index < -0.39 is 0 Å². The van der Waals surface area contributed by atoms with Crippen molar-refractivity contribution >= 4 is 67.1 Å². The topological polar surface area (TPSA) is 67.8 Å². The number of hydrogen-bond donors (Lipinski definition) is 1. The smallest absolute Gasteiger partial charge is 0.259 e. The fourth-order valence-electron chi connectivity index (χ4n) is 3.11. The highest BCUT2D eigenvalue weighted by Gasteiger charge is 2.16. The molecular formula is C21H14N4OS3. The quantitative estimate of drug-likeness (QED) is 0.214. The maximum atomic E-state index is 13.0. The second-order valence-corrected chi connectivity index (χ2v) is 9.47. The Labute approximate surface area is 178 Å². The van der Waals surface area contributed by atoms with E-state index >= 15 is 0 Å². The van der Waals surface area contributed by atoms with Gasteiger partial charge in [-0.1, -0.05) is 59.5 Å². The number of carbonyl (C=O) groups excluding carboxylic acids is 1. The lowest BCUT2D eigenvalue weighted by molar-refractivity contribution is 0.102. The van der Waals surface area contributed by atoms with E-state index in [1.807, 2.05) is 48.5 Å². The zero-order chi connectivity index (χ0) is 19.6. The maximum absolute atomic E-state index is 13.0. The Balaban J connectivity index is 1.41. The first-order chi connectivity index (χ1) is 14.3. The molecule has 0 saturated heterocycles. The standard InChI is InChI=1S/C21H14N4OS3/c26-19(23-20-24-25-21(29-20)28-12-14-6-4-10-27-14)17-11-13-5-1-2-7-15(13)16-8-3-9-22-18(16)17/h1-11H,12H2,(H,23,24,26). The second-order valence-electron chi connectivity index (χ2n) is 6.24. The van der Waals surface area contributed by atoms with Crippen LogP contribution in [-0.2, 0) is 5.75 Å². The van der Waals surface area contributed by atoms with E-state index in [0.29, 0.717) is 16.2 Å². The van der Waals surface area contributed by atoms with Crippen LogP contribution >= 0.6 is 34.4 Å². The van der Waals surface area contributed by atoms with Gasteiger partial charge in [-0.3, -0.25) is 15.1 Å². The minimum absolute atomic E-state index is 0.231. The molecule has 142 valence electrons. The van der Waals surface area contributed by atoms with Gasteiger partial charge < -0.3 is 0 Å². The van der Waals surface area contributed by atoms with Crippen molar-refractivity contribution in [1.29, 1.82) is 0 Å². The van der Waals surface area contributed by atoms with Gasteiger partial charge in [0, 0.05) is 22.2 Å². The Bertz CT molecular complexity index is 1310. The van der Waals surface area contributed by atoms with Crippen LogP contribution in [0.5, 0.6) is 0 Å². The SMILES string of the molecule is O=C(Nc1nnc(SCc2cccs2)s1)c1cc2ccccc2c2cccnc12. The Kier molecular flexibility index (Phi) is 4.97. The molecule has 8 heteroatoms. The Morgan fingerprint density at radius 2 is 1.93 bits per heavy atom. The van der Waals surface area contributed by atoms with Gasteiger partial charge in [0.25, 0.3) is 5.91 Å². The molecule has 0 bridgehead atoms. The highest BCUT2D eigenvalue weighted by atomic mass is 32.2. The van der Waals surface area contributed by atoms with Gasteiger partial charge in [-0.25, -0.2) is 0 Å². The summed E-state index contributed by atoms with van der Waals surface area (Å²) in [4.78, 5) is 18.8. The van der Waals surface area contributed by atoms with E-state index in [-0.39, 0.29) is 5.91 Å². The number of amides is 1. The third kappa shape index (κ3) is 3.74. The number of carbonyl (C=O) groups is 1. The fourth-order valence-corrected chi connectivity index (χ4v) is 5.63. The maximum Gasteiger partial charge on any atom is 0.259 e. The fraction of sp³-hybridized carbons (Fsp3) is 0.0476. The van der Waals surface area contributed by atoms with E-state index in [4.69, 9.17) is 0 Å². The van der Waals surface area contributed by atoms with Crippen LogP contribution in [0, 0.1) is 0 Å². The van der Waals surface area contributed by atoms with Crippen LogP contribution in [-0.4, -0.2) is 21.1 Å². The summed E-state index contributed by atoms with van der Waals surface area (Å²) in [5.41, 5.74) is 1.21. The number of hydrogen-bond acceptors (Lipinski definition) is 7. The molecule has 3 heterocycles. The third-order valence-corrected chi connectivity index (χ3v) is 7.48. The van der Waals surface area contributed by atoms with Crippen LogP contribution in [0.3, 0.4) is 0 Å². The molecule has 5 aromatic rings. The molecule has 5 nitrogen and oxygen atoms in total. The van der Waals surface area contributed by atoms with Crippen molar-refractivity contribution in [2.75, 3.05) is 5.32 Å². The summed E-state index contributed by atoms with van der Waals surface area (Å²) in [6.07, 6.45) is 1.71. The Hall–Kier alpha value is -2.81. The molecule has 0 aliphatic heterocycles. The van der Waals surface area contributed by atoms with Crippen molar-refractivity contribution in [1.82, 2.24) is 15.2 Å². The zero-order valence-electron chi connectivity index (χ0n) is 15.0. The summed E-state index contributed by atoms with van der Waals surface area (Å²) in [7, 11) is 0. The lowest BCUT2D eigenvalue weighted by atomic mass is 10.0. The first kappa shape index (κ1) is 18.2. The zero-order valence-corrected chi connectivity index (χ0v) is 17.5. The molecule has 0 radical (unpaired) electrons. The molecule has 0 saturated carbocycles. The minimum Gasteiger partial charge on any atom is -0.296 e. The average molecular weight is 435 g/mol. The number of thiophene rings is 1. The van der Waals surface area contributed by atoms with E-state index in [1.54, 1.807) is 29.3 Å². The van der Waals surface area contributed by atoms with Crippen molar-refractivity contribution in [3.8, 4) is 0 Å². The Morgan fingerprint density at radius 3 is 2.83 bits per heavy atom. The monoisotopic (exact) mass is 434 g/mol. The van der Waals surface area contributed by atoms with E-state index in [0.717, 1.165) is 26.3 Å². The number of anilines is 1. The molecule has 1 amide bonds. The lowest BCUT2D eigenvalue weighted by Gasteiger charge is -2.09. The largest absolute Gasteiger partial charge is 0.296 e. The number of pyridine rings is 1. The summed E-state index contributed by atoms with van der Waals surface area (Å²) in [5, 5.41) is 16.8. The number of benzene rings is 2. The van der Waals surface area contributed by atoms with Crippen LogP contribution in [0.25, 0.3) is 21.7 Å². The van der Waals surface area contributed by atoms with Crippen molar-refractivity contribution in [3.63, 3.8) is 0 Å². The van der Waals surface area contributed by atoms with Crippen molar-refractivity contribution in [3.05, 3.63) is 76.6 Å². The first-order valence-electron chi connectivity index (χ1n) is 8.84. The summed E-state index contributed by atoms with van der Waals surface area (Å²) >= 11 is 4.72. The van der Waals surface area contributed by atoms with Gasteiger partial charge in [0.15, 0.2) is 4.34 Å². The highest BCUT2D eigenvalue weighted by Crippen LogP contribution is 2.31. The summed E-state index contributed by atoms with van der Waals surface area (Å²) in [5.74, 6) is 0.616. The second kappa shape index (κ2) is 7.90. The minimum atomic E-state index is -0.231. The molecule has 0 unspecified atom stereocenters. The number of aromatic nitrogens is 3. The van der Waals surface area contributed by atoms with Crippen LogP contribution < -0.4 is 5.32 Å². The van der Waals surface area contributed by atoms with Gasteiger partial charge in [0.1, 0.15) is 0 Å². The average Bonchev–Trinajstić information content (AvgIpc) is 3.43. The van der Waals surface area contributed by atoms with Gasteiger partial charge in [-0.15, -0.1) is 21.5 Å². The van der Waals surface area contributed by atoms with Gasteiger partial charge in [0.05, 0.1) is 11.1 Å². The molecule has 5 rings (SSSR count). The summed E-state index contributed by atoms with van der Waals surface area (Å²) in [6.45, 7) is 0. The molecule has 2 aromatic carbocycles. The van der Waals surface area contributed by atoms with Gasteiger partial charge >= 0.3 is 0 Å². The van der Waals surface area contributed by atoms with E-state index in [9.17, 15) is 4.79 Å². The Morgan fingerprint density at radius 1 is 1.03 bits per heavy atom. The predicted molar refractivity (Wildman–Crippen MR) is 121 cm³/mol. The van der Waals surface area contributed by atoms with Crippen LogP contribution in [0.1, 0.15) is 15.2 Å². The normalized spacial score (nSPS) is 11.2. The molecule has 0 spiro atoms. The van der Waals surface area contributed by atoms with Gasteiger partial charge in [0.2, 0.25) is 5.13 Å². The van der Waals surface area contributed by atoms with E-state index in [2.05, 4.69) is 31.9 Å². The number of thioether (sulfide) groups is 1. The number of nitrogens with zero attached hydrogens (tertiary/aromatic N) is 3. The van der Waals surface area contributed by atoms with Crippen LogP contribution in [0.2, 0.25) is 0 Å².